The third kappa shape index (κ3) is 2.40. The molecule has 0 aliphatic heterocycles. The van der Waals surface area contributed by atoms with Crippen LogP contribution in [0.4, 0.5) is 0 Å². The highest BCUT2D eigenvalue weighted by molar-refractivity contribution is 7.81. The van der Waals surface area contributed by atoms with Crippen LogP contribution in [0.15, 0.2) is 29.8 Å². The molecule has 6 heteroatoms. The number of carbonyl (C=O) groups excluding carboxylic acids is 1. The Labute approximate surface area is 141 Å². The average molecular weight is 348 g/mol. The molecule has 3 aliphatic rings. The van der Waals surface area contributed by atoms with E-state index >= 15 is 0 Å². The van der Waals surface area contributed by atoms with Crippen LogP contribution in [0.2, 0.25) is 0 Å². The highest BCUT2D eigenvalue weighted by Crippen LogP contribution is 2.57. The van der Waals surface area contributed by atoms with Crippen molar-refractivity contribution in [2.75, 3.05) is 0 Å². The molecular weight excluding hydrogens is 328 g/mol. The van der Waals surface area contributed by atoms with Crippen LogP contribution in [0.3, 0.4) is 0 Å². The Hall–Kier alpha value is -1.66. The SMILES string of the molecule is C[C@]12CC[C@H]3C(=CCc4cc(OS(=O)(=O)O)ccc43)[C@H]1CCC2=O. The molecule has 1 aromatic carbocycles. The number of rotatable bonds is 2. The van der Waals surface area contributed by atoms with E-state index in [4.69, 9.17) is 4.55 Å². The van der Waals surface area contributed by atoms with Crippen LogP contribution in [0.1, 0.15) is 49.7 Å². The Kier molecular flexibility index (Phi) is 3.41. The Morgan fingerprint density at radius 2 is 2.08 bits per heavy atom. The van der Waals surface area contributed by atoms with Gasteiger partial charge in [0.05, 0.1) is 0 Å². The lowest BCUT2D eigenvalue weighted by Crippen LogP contribution is -2.37. The number of fused-ring (bicyclic) bond motifs is 5. The molecule has 0 aromatic heterocycles. The van der Waals surface area contributed by atoms with Crippen LogP contribution in [-0.2, 0) is 21.6 Å². The second-order valence-corrected chi connectivity index (χ2v) is 8.33. The molecule has 2 saturated carbocycles. The molecule has 5 nitrogen and oxygen atoms in total. The zero-order valence-corrected chi connectivity index (χ0v) is 14.3. The first-order valence-corrected chi connectivity index (χ1v) is 9.67. The highest BCUT2D eigenvalue weighted by atomic mass is 32.3. The molecular formula is C18H20O5S. The van der Waals surface area contributed by atoms with E-state index in [-0.39, 0.29) is 11.2 Å². The van der Waals surface area contributed by atoms with Gasteiger partial charge < -0.3 is 4.18 Å². The quantitative estimate of drug-likeness (QED) is 0.656. The number of allylic oxidation sites excluding steroid dienone is 2. The Bertz CT molecular complexity index is 854. The van der Waals surface area contributed by atoms with E-state index < -0.39 is 10.4 Å². The van der Waals surface area contributed by atoms with Gasteiger partial charge in [0.25, 0.3) is 0 Å². The largest absolute Gasteiger partial charge is 0.446 e. The van der Waals surface area contributed by atoms with Gasteiger partial charge in [0, 0.05) is 17.8 Å². The van der Waals surface area contributed by atoms with Crippen molar-refractivity contribution in [2.24, 2.45) is 11.3 Å². The molecule has 2 fully saturated rings. The van der Waals surface area contributed by atoms with Crippen molar-refractivity contribution in [3.05, 3.63) is 41.0 Å². The molecule has 0 radical (unpaired) electrons. The number of Topliss-reactive ketones (excluding diaryl/α,β-unsaturated/α-hetero) is 1. The lowest BCUT2D eigenvalue weighted by atomic mass is 9.60. The maximum atomic E-state index is 12.3. The number of carbonyl (C=O) groups is 1. The van der Waals surface area contributed by atoms with Crippen LogP contribution < -0.4 is 4.18 Å². The topological polar surface area (TPSA) is 80.7 Å². The van der Waals surface area contributed by atoms with Gasteiger partial charge in [-0.3, -0.25) is 9.35 Å². The van der Waals surface area contributed by atoms with Crippen molar-refractivity contribution in [1.82, 2.24) is 0 Å². The second-order valence-electron chi connectivity index (χ2n) is 7.30. The van der Waals surface area contributed by atoms with E-state index in [2.05, 4.69) is 17.2 Å². The molecule has 0 unspecified atom stereocenters. The van der Waals surface area contributed by atoms with Crippen LogP contribution in [0.5, 0.6) is 5.75 Å². The standard InChI is InChI=1S/C18H20O5S/c1-18-9-8-14-13-5-3-12(23-24(20,21)22)10-11(13)2-4-15(14)16(18)6-7-17(18)19/h3-5,10,14,16H,2,6-9H2,1H3,(H,20,21,22)/t14-,16-,18+/m1/s1. The van der Waals surface area contributed by atoms with Gasteiger partial charge >= 0.3 is 10.4 Å². The summed E-state index contributed by atoms with van der Waals surface area (Å²) in [5, 5.41) is 0. The van der Waals surface area contributed by atoms with Gasteiger partial charge in [-0.05, 0) is 54.9 Å². The van der Waals surface area contributed by atoms with Gasteiger partial charge in [0.1, 0.15) is 11.5 Å². The molecule has 128 valence electrons. The number of ketones is 1. The first kappa shape index (κ1) is 15.8. The predicted octanol–water partition coefficient (Wildman–Crippen LogP) is 3.21. The van der Waals surface area contributed by atoms with Gasteiger partial charge in [-0.2, -0.15) is 8.42 Å². The molecule has 0 saturated heterocycles. The molecule has 1 N–H and O–H groups in total. The fraction of sp³-hybridized carbons (Fsp3) is 0.500. The molecule has 0 spiro atoms. The zero-order chi connectivity index (χ0) is 17.1. The van der Waals surface area contributed by atoms with Crippen molar-refractivity contribution in [3.63, 3.8) is 0 Å². The Morgan fingerprint density at radius 1 is 1.29 bits per heavy atom. The summed E-state index contributed by atoms with van der Waals surface area (Å²) in [7, 11) is -4.51. The van der Waals surface area contributed by atoms with Gasteiger partial charge in [0.15, 0.2) is 0 Å². The molecule has 3 atom stereocenters. The van der Waals surface area contributed by atoms with Crippen molar-refractivity contribution in [2.45, 2.75) is 44.9 Å². The molecule has 4 rings (SSSR count). The maximum Gasteiger partial charge on any atom is 0.446 e. The van der Waals surface area contributed by atoms with Crippen LogP contribution in [-0.4, -0.2) is 18.8 Å². The zero-order valence-electron chi connectivity index (χ0n) is 13.5. The summed E-state index contributed by atoms with van der Waals surface area (Å²) in [6, 6.07) is 5.17. The average Bonchev–Trinajstić information content (AvgIpc) is 2.81. The first-order chi connectivity index (χ1) is 11.3. The molecule has 0 bridgehead atoms. The van der Waals surface area contributed by atoms with Gasteiger partial charge in [-0.25, -0.2) is 0 Å². The van der Waals surface area contributed by atoms with E-state index in [0.717, 1.165) is 24.8 Å². The van der Waals surface area contributed by atoms with Crippen molar-refractivity contribution in [3.8, 4) is 5.75 Å². The molecule has 0 heterocycles. The first-order valence-electron chi connectivity index (χ1n) is 8.31. The lowest BCUT2D eigenvalue weighted by Gasteiger charge is -2.43. The van der Waals surface area contributed by atoms with E-state index in [1.165, 1.54) is 11.1 Å². The number of hydrogen-bond acceptors (Lipinski definition) is 4. The summed E-state index contributed by atoms with van der Waals surface area (Å²) in [5.74, 6) is 1.17. The van der Waals surface area contributed by atoms with Gasteiger partial charge in [-0.15, -0.1) is 0 Å². The summed E-state index contributed by atoms with van der Waals surface area (Å²) in [6.45, 7) is 2.11. The third-order valence-electron chi connectivity index (χ3n) is 6.07. The molecule has 24 heavy (non-hydrogen) atoms. The van der Waals surface area contributed by atoms with Crippen LogP contribution in [0, 0.1) is 11.3 Å². The smallest absolute Gasteiger partial charge is 0.362 e. The van der Waals surface area contributed by atoms with Gasteiger partial charge in [-0.1, -0.05) is 24.6 Å². The summed E-state index contributed by atoms with van der Waals surface area (Å²) in [5.41, 5.74) is 3.40. The van der Waals surface area contributed by atoms with E-state index in [9.17, 15) is 13.2 Å². The Morgan fingerprint density at radius 3 is 2.83 bits per heavy atom. The monoisotopic (exact) mass is 348 g/mol. The molecule has 1 aromatic rings. The minimum Gasteiger partial charge on any atom is -0.362 e. The summed E-state index contributed by atoms with van der Waals surface area (Å²) >= 11 is 0. The third-order valence-corrected chi connectivity index (χ3v) is 6.48. The van der Waals surface area contributed by atoms with E-state index in [1.807, 2.05) is 6.07 Å². The fourth-order valence-electron chi connectivity index (χ4n) is 4.90. The number of hydrogen-bond donors (Lipinski definition) is 1. The number of benzene rings is 1. The second kappa shape index (κ2) is 5.17. The maximum absolute atomic E-state index is 12.3. The van der Waals surface area contributed by atoms with Crippen molar-refractivity contribution < 1.29 is 21.9 Å². The summed E-state index contributed by atoms with van der Waals surface area (Å²) in [6.07, 6.45) is 6.38. The summed E-state index contributed by atoms with van der Waals surface area (Å²) < 4.78 is 35.1. The highest BCUT2D eigenvalue weighted by Gasteiger charge is 2.52. The molecule has 3 aliphatic carbocycles. The van der Waals surface area contributed by atoms with Crippen LogP contribution in [0.25, 0.3) is 0 Å². The minimum absolute atomic E-state index is 0.129. The minimum atomic E-state index is -4.51. The molecule has 0 amide bonds. The normalized spacial score (nSPS) is 31.8. The van der Waals surface area contributed by atoms with Crippen molar-refractivity contribution >= 4 is 16.2 Å². The summed E-state index contributed by atoms with van der Waals surface area (Å²) in [4.78, 5) is 12.3. The fourth-order valence-corrected chi connectivity index (χ4v) is 5.24. The van der Waals surface area contributed by atoms with Gasteiger partial charge in [0.2, 0.25) is 0 Å². The van der Waals surface area contributed by atoms with E-state index in [0.29, 0.717) is 30.5 Å². The lowest BCUT2D eigenvalue weighted by molar-refractivity contribution is -0.126. The van der Waals surface area contributed by atoms with Crippen molar-refractivity contribution in [1.29, 1.82) is 0 Å². The van der Waals surface area contributed by atoms with E-state index in [1.54, 1.807) is 12.1 Å². The Balaban J connectivity index is 1.68. The predicted molar refractivity (Wildman–Crippen MR) is 88.2 cm³/mol. The van der Waals surface area contributed by atoms with Crippen LogP contribution >= 0.6 is 0 Å².